The Morgan fingerprint density at radius 1 is 0.718 bits per heavy atom. The molecule has 0 aliphatic carbocycles. The van der Waals surface area contributed by atoms with E-state index in [1.54, 1.807) is 27.7 Å². The maximum atomic E-state index is 12.7. The van der Waals surface area contributed by atoms with Crippen molar-refractivity contribution < 1.29 is 28.7 Å². The number of thiophene rings is 2. The van der Waals surface area contributed by atoms with E-state index < -0.39 is 11.9 Å². The van der Waals surface area contributed by atoms with Crippen LogP contribution in [0.25, 0.3) is 0 Å². The number of amides is 2. The van der Waals surface area contributed by atoms with E-state index in [-0.39, 0.29) is 36.9 Å². The topological polar surface area (TPSA) is 111 Å². The Morgan fingerprint density at radius 3 is 1.38 bits per heavy atom. The highest BCUT2D eigenvalue weighted by Crippen LogP contribution is 2.35. The molecule has 11 heteroatoms. The molecule has 0 aliphatic rings. The quantitative estimate of drug-likeness (QED) is 0.183. The molecule has 0 aliphatic heterocycles. The van der Waals surface area contributed by atoms with E-state index >= 15 is 0 Å². The van der Waals surface area contributed by atoms with Gasteiger partial charge in [0.15, 0.2) is 0 Å². The minimum Gasteiger partial charge on any atom is -0.459 e. The minimum atomic E-state index is -0.422. The molecule has 0 unspecified atom stereocenters. The molecule has 2 aromatic rings. The van der Waals surface area contributed by atoms with Gasteiger partial charge in [0.05, 0.1) is 23.3 Å². The van der Waals surface area contributed by atoms with E-state index in [1.165, 1.54) is 34.4 Å². The third kappa shape index (κ3) is 9.36. The predicted octanol–water partition coefficient (Wildman–Crippen LogP) is 6.77. The molecule has 0 saturated heterocycles. The summed E-state index contributed by atoms with van der Waals surface area (Å²) in [5.41, 5.74) is 2.68. The molecule has 8 nitrogen and oxygen atoms in total. The number of carbonyl (C=O) groups excluding carboxylic acids is 4. The Bertz CT molecular complexity index is 1090. The zero-order chi connectivity index (χ0) is 29.3. The Labute approximate surface area is 243 Å². The normalized spacial score (nSPS) is 11.1. The second kappa shape index (κ2) is 15.4. The SMILES string of the molecule is CCc1c(C)sc(NC(=O)CCSCCC(=O)Nc2sc(C)c(CC)c2C(=O)OC(C)C)c1C(=O)OC(C)C. The second-order valence-corrected chi connectivity index (χ2v) is 13.2. The molecule has 0 spiro atoms. The van der Waals surface area contributed by atoms with Gasteiger partial charge in [0.1, 0.15) is 10.0 Å². The van der Waals surface area contributed by atoms with E-state index in [1.807, 2.05) is 27.7 Å². The Balaban J connectivity index is 1.88. The van der Waals surface area contributed by atoms with E-state index in [0.29, 0.717) is 45.5 Å². The van der Waals surface area contributed by atoms with Gasteiger partial charge in [-0.1, -0.05) is 13.8 Å². The van der Waals surface area contributed by atoms with Crippen molar-refractivity contribution in [3.05, 3.63) is 32.0 Å². The van der Waals surface area contributed by atoms with Crippen molar-refractivity contribution in [2.24, 2.45) is 0 Å². The van der Waals surface area contributed by atoms with E-state index in [2.05, 4.69) is 10.6 Å². The molecule has 0 fully saturated rings. The number of carbonyl (C=O) groups is 4. The molecule has 0 atom stereocenters. The molecular weight excluding hydrogens is 557 g/mol. The van der Waals surface area contributed by atoms with Gasteiger partial charge in [-0.15, -0.1) is 22.7 Å². The van der Waals surface area contributed by atoms with Crippen LogP contribution in [0.15, 0.2) is 0 Å². The molecule has 0 radical (unpaired) electrons. The molecule has 0 saturated carbocycles. The van der Waals surface area contributed by atoms with Gasteiger partial charge in [0, 0.05) is 34.1 Å². The highest BCUT2D eigenvalue weighted by atomic mass is 32.2. The lowest BCUT2D eigenvalue weighted by Gasteiger charge is -2.11. The van der Waals surface area contributed by atoms with E-state index in [0.717, 1.165) is 20.9 Å². The Morgan fingerprint density at radius 2 is 1.08 bits per heavy atom. The van der Waals surface area contributed by atoms with Crippen LogP contribution in [0.4, 0.5) is 10.0 Å². The van der Waals surface area contributed by atoms with Gasteiger partial charge in [-0.05, 0) is 65.5 Å². The molecule has 0 aromatic carbocycles. The summed E-state index contributed by atoms with van der Waals surface area (Å²) >= 11 is 4.26. The summed E-state index contributed by atoms with van der Waals surface area (Å²) in [6, 6.07) is 0. The highest BCUT2D eigenvalue weighted by molar-refractivity contribution is 7.99. The lowest BCUT2D eigenvalue weighted by molar-refractivity contribution is -0.116. The van der Waals surface area contributed by atoms with Crippen molar-refractivity contribution in [3.63, 3.8) is 0 Å². The van der Waals surface area contributed by atoms with Crippen molar-refractivity contribution in [1.82, 2.24) is 0 Å². The minimum absolute atomic E-state index is 0.191. The van der Waals surface area contributed by atoms with Crippen molar-refractivity contribution in [1.29, 1.82) is 0 Å². The number of esters is 2. The van der Waals surface area contributed by atoms with Gasteiger partial charge in [0.2, 0.25) is 11.8 Å². The number of rotatable bonds is 14. The van der Waals surface area contributed by atoms with Crippen LogP contribution < -0.4 is 10.6 Å². The Hall–Kier alpha value is -2.37. The average molecular weight is 597 g/mol. The fourth-order valence-corrected chi connectivity index (χ4v) is 7.14. The maximum absolute atomic E-state index is 12.7. The standard InChI is InChI=1S/C28H40N2O6S3/c1-9-19-17(7)38-25(23(19)27(33)35-15(3)4)29-21(31)11-13-37-14-12-22(32)30-26-24(28(34)36-16(5)6)20(10-2)18(8)39-26/h15-16H,9-14H2,1-8H3,(H,29,31)(H,30,32). The maximum Gasteiger partial charge on any atom is 0.341 e. The molecule has 2 amide bonds. The summed E-state index contributed by atoms with van der Waals surface area (Å²) in [7, 11) is 0. The number of nitrogens with one attached hydrogen (secondary N) is 2. The van der Waals surface area contributed by atoms with Crippen LogP contribution in [0.1, 0.15) is 96.0 Å². The summed E-state index contributed by atoms with van der Waals surface area (Å²) < 4.78 is 10.8. The van der Waals surface area contributed by atoms with Crippen LogP contribution in [0.2, 0.25) is 0 Å². The summed E-state index contributed by atoms with van der Waals surface area (Å²) in [5, 5.41) is 6.80. The molecule has 2 heterocycles. The van der Waals surface area contributed by atoms with Crippen molar-refractivity contribution in [2.75, 3.05) is 22.1 Å². The van der Waals surface area contributed by atoms with E-state index in [4.69, 9.17) is 9.47 Å². The Kier molecular flexibility index (Phi) is 13.0. The molecule has 39 heavy (non-hydrogen) atoms. The molecule has 0 bridgehead atoms. The second-order valence-electron chi connectivity index (χ2n) is 9.51. The first kappa shape index (κ1) is 32.8. The van der Waals surface area contributed by atoms with Gasteiger partial charge in [0.25, 0.3) is 0 Å². The first-order valence-electron chi connectivity index (χ1n) is 13.2. The van der Waals surface area contributed by atoms with Crippen molar-refractivity contribution >= 4 is 68.2 Å². The molecular formula is C28H40N2O6S3. The van der Waals surface area contributed by atoms with Crippen LogP contribution in [0.3, 0.4) is 0 Å². The van der Waals surface area contributed by atoms with Crippen molar-refractivity contribution in [3.8, 4) is 0 Å². The van der Waals surface area contributed by atoms with Crippen LogP contribution in [-0.4, -0.2) is 47.5 Å². The van der Waals surface area contributed by atoms with Gasteiger partial charge < -0.3 is 20.1 Å². The van der Waals surface area contributed by atoms with Crippen LogP contribution in [-0.2, 0) is 31.9 Å². The van der Waals surface area contributed by atoms with Crippen LogP contribution >= 0.6 is 34.4 Å². The molecule has 216 valence electrons. The van der Waals surface area contributed by atoms with Crippen LogP contribution in [0, 0.1) is 13.8 Å². The first-order valence-corrected chi connectivity index (χ1v) is 16.0. The summed E-state index contributed by atoms with van der Waals surface area (Å²) in [6.45, 7) is 15.0. The lowest BCUT2D eigenvalue weighted by Crippen LogP contribution is -2.18. The van der Waals surface area contributed by atoms with Gasteiger partial charge in [-0.3, -0.25) is 9.59 Å². The average Bonchev–Trinajstić information content (AvgIpc) is 3.32. The first-order chi connectivity index (χ1) is 18.4. The number of ether oxygens (including phenoxy) is 2. The smallest absolute Gasteiger partial charge is 0.341 e. The van der Waals surface area contributed by atoms with Gasteiger partial charge >= 0.3 is 11.9 Å². The van der Waals surface area contributed by atoms with Gasteiger partial charge in [-0.25, -0.2) is 9.59 Å². The summed E-state index contributed by atoms with van der Waals surface area (Å²) in [5.74, 6) is -0.170. The largest absolute Gasteiger partial charge is 0.459 e. The number of aryl methyl sites for hydroxylation is 2. The fourth-order valence-electron chi connectivity index (χ4n) is 3.97. The van der Waals surface area contributed by atoms with Crippen molar-refractivity contribution in [2.45, 2.75) is 93.3 Å². The number of thioether (sulfide) groups is 1. The lowest BCUT2D eigenvalue weighted by atomic mass is 10.1. The number of anilines is 2. The zero-order valence-corrected chi connectivity index (χ0v) is 26.5. The fraction of sp³-hybridized carbons (Fsp3) is 0.571. The van der Waals surface area contributed by atoms with Crippen LogP contribution in [0.5, 0.6) is 0 Å². The summed E-state index contributed by atoms with van der Waals surface area (Å²) in [6.07, 6.45) is 1.33. The third-order valence-electron chi connectivity index (χ3n) is 5.67. The number of hydrogen-bond donors (Lipinski definition) is 2. The summed E-state index contributed by atoms with van der Waals surface area (Å²) in [4.78, 5) is 52.5. The predicted molar refractivity (Wildman–Crippen MR) is 162 cm³/mol. The van der Waals surface area contributed by atoms with Gasteiger partial charge in [-0.2, -0.15) is 11.8 Å². The van der Waals surface area contributed by atoms with E-state index in [9.17, 15) is 19.2 Å². The number of hydrogen-bond acceptors (Lipinski definition) is 9. The third-order valence-corrected chi connectivity index (χ3v) is 8.78. The highest BCUT2D eigenvalue weighted by Gasteiger charge is 2.25. The molecule has 2 N–H and O–H groups in total. The molecule has 2 rings (SSSR count). The monoisotopic (exact) mass is 596 g/mol. The molecule has 2 aromatic heterocycles. The zero-order valence-electron chi connectivity index (χ0n) is 24.1.